The Kier molecular flexibility index (Phi) is 7.21. The number of methoxy groups -OCH3 is 1. The first-order chi connectivity index (χ1) is 11.8. The van der Waals surface area contributed by atoms with Crippen LogP contribution in [0, 0.1) is 0 Å². The van der Waals surface area contributed by atoms with Gasteiger partial charge in [0, 0.05) is 20.2 Å². The number of carbonyl (C=O) groups excluding carboxylic acids is 1. The Bertz CT molecular complexity index is 640. The molecule has 0 saturated heterocycles. The molecule has 0 fully saturated rings. The van der Waals surface area contributed by atoms with Gasteiger partial charge in [0.15, 0.2) is 6.10 Å². The highest BCUT2D eigenvalue weighted by Crippen LogP contribution is 2.19. The van der Waals surface area contributed by atoms with E-state index in [1.54, 1.807) is 4.90 Å². The molecule has 4 heteroatoms. The number of rotatable bonds is 8. The van der Waals surface area contributed by atoms with Crippen molar-refractivity contribution in [3.8, 4) is 0 Å². The molecule has 0 saturated carbocycles. The molecule has 0 unspecified atom stereocenters. The van der Waals surface area contributed by atoms with E-state index in [1.165, 1.54) is 7.11 Å². The molecule has 4 nitrogen and oxygen atoms in total. The lowest BCUT2D eigenvalue weighted by Gasteiger charge is -2.25. The summed E-state index contributed by atoms with van der Waals surface area (Å²) in [4.78, 5) is 14.4. The molecule has 2 aromatic rings. The van der Waals surface area contributed by atoms with Crippen molar-refractivity contribution in [1.29, 1.82) is 0 Å². The summed E-state index contributed by atoms with van der Waals surface area (Å²) < 4.78 is 5.39. The minimum atomic E-state index is -0.664. The van der Waals surface area contributed by atoms with E-state index in [1.807, 2.05) is 72.8 Å². The van der Waals surface area contributed by atoms with Crippen molar-refractivity contribution in [1.82, 2.24) is 4.90 Å². The Balaban J connectivity index is 2.07. The molecule has 126 valence electrons. The normalized spacial score (nSPS) is 12.2. The zero-order chi connectivity index (χ0) is 17.2. The second kappa shape index (κ2) is 9.65. The average Bonchev–Trinajstić information content (AvgIpc) is 2.63. The summed E-state index contributed by atoms with van der Waals surface area (Å²) in [5, 5.41) is 9.27. The van der Waals surface area contributed by atoms with E-state index < -0.39 is 6.10 Å². The first-order valence-corrected chi connectivity index (χ1v) is 7.95. The maximum absolute atomic E-state index is 12.8. The highest BCUT2D eigenvalue weighted by Gasteiger charge is 2.24. The molecule has 0 bridgehead atoms. The molecule has 0 aromatic heterocycles. The third kappa shape index (κ3) is 5.05. The van der Waals surface area contributed by atoms with Crippen molar-refractivity contribution in [2.24, 2.45) is 0 Å². The second-order valence-corrected chi connectivity index (χ2v) is 5.35. The van der Waals surface area contributed by atoms with Crippen molar-refractivity contribution >= 4 is 12.0 Å². The Morgan fingerprint density at radius 3 is 2.33 bits per heavy atom. The summed E-state index contributed by atoms with van der Waals surface area (Å²) in [5.41, 5.74) is 1.88. The topological polar surface area (TPSA) is 49.8 Å². The average molecular weight is 325 g/mol. The predicted octanol–water partition coefficient (Wildman–Crippen LogP) is 2.91. The quantitative estimate of drug-likeness (QED) is 0.812. The van der Waals surface area contributed by atoms with Crippen LogP contribution in [-0.4, -0.2) is 42.7 Å². The van der Waals surface area contributed by atoms with Gasteiger partial charge in [0.25, 0.3) is 5.91 Å². The van der Waals surface area contributed by atoms with Crippen LogP contribution in [0.25, 0.3) is 6.08 Å². The molecule has 2 aromatic carbocycles. The van der Waals surface area contributed by atoms with Crippen LogP contribution in [0.15, 0.2) is 66.7 Å². The summed E-state index contributed by atoms with van der Waals surface area (Å²) in [5.74, 6) is -0.157. The fourth-order valence-corrected chi connectivity index (χ4v) is 2.47. The summed E-state index contributed by atoms with van der Waals surface area (Å²) in [6.45, 7) is 0.599. The van der Waals surface area contributed by atoms with E-state index in [2.05, 4.69) is 0 Å². The van der Waals surface area contributed by atoms with Gasteiger partial charge in [0.2, 0.25) is 0 Å². The maximum Gasteiger partial charge on any atom is 0.256 e. The molecule has 1 atom stereocenters. The fraction of sp³-hybridized carbons (Fsp3) is 0.250. The van der Waals surface area contributed by atoms with Crippen LogP contribution >= 0.6 is 0 Å². The minimum absolute atomic E-state index is 0.0872. The maximum atomic E-state index is 12.8. The first kappa shape index (κ1) is 17.9. The van der Waals surface area contributed by atoms with Crippen molar-refractivity contribution in [2.75, 3.05) is 26.8 Å². The van der Waals surface area contributed by atoms with Gasteiger partial charge in [-0.15, -0.1) is 0 Å². The molecular weight excluding hydrogens is 302 g/mol. The number of nitrogens with zero attached hydrogens (tertiary/aromatic N) is 1. The Morgan fingerprint density at radius 2 is 1.75 bits per heavy atom. The molecule has 0 aliphatic rings. The lowest BCUT2D eigenvalue weighted by atomic mass is 10.1. The summed E-state index contributed by atoms with van der Waals surface area (Å²) in [6, 6.07) is 19.3. The van der Waals surface area contributed by atoms with Crippen LogP contribution in [0.5, 0.6) is 0 Å². The highest BCUT2D eigenvalue weighted by atomic mass is 16.5. The SMILES string of the molecule is CO[C@H](C(=O)N(C/C=C/c1ccccc1)CCO)c1ccccc1. The molecule has 0 aliphatic heterocycles. The van der Waals surface area contributed by atoms with E-state index >= 15 is 0 Å². The van der Waals surface area contributed by atoms with Gasteiger partial charge in [-0.3, -0.25) is 4.79 Å². The number of amides is 1. The fourth-order valence-electron chi connectivity index (χ4n) is 2.47. The summed E-state index contributed by atoms with van der Waals surface area (Å²) >= 11 is 0. The van der Waals surface area contributed by atoms with E-state index in [0.29, 0.717) is 6.54 Å². The zero-order valence-electron chi connectivity index (χ0n) is 13.8. The van der Waals surface area contributed by atoms with Crippen LogP contribution < -0.4 is 0 Å². The van der Waals surface area contributed by atoms with E-state index in [9.17, 15) is 9.90 Å². The van der Waals surface area contributed by atoms with Gasteiger partial charge in [-0.2, -0.15) is 0 Å². The monoisotopic (exact) mass is 325 g/mol. The number of ether oxygens (including phenoxy) is 1. The van der Waals surface area contributed by atoms with Crippen molar-refractivity contribution in [2.45, 2.75) is 6.10 Å². The summed E-state index contributed by atoms with van der Waals surface area (Å²) in [6.07, 6.45) is 3.21. The molecule has 2 rings (SSSR count). The molecule has 1 N–H and O–H groups in total. The Hall–Kier alpha value is -2.43. The minimum Gasteiger partial charge on any atom is -0.395 e. The van der Waals surface area contributed by atoms with Crippen molar-refractivity contribution in [3.05, 3.63) is 77.9 Å². The van der Waals surface area contributed by atoms with Gasteiger partial charge in [-0.1, -0.05) is 72.8 Å². The molecule has 0 aliphatic carbocycles. The smallest absolute Gasteiger partial charge is 0.256 e. The second-order valence-electron chi connectivity index (χ2n) is 5.35. The molecular formula is C20H23NO3. The number of hydrogen-bond acceptors (Lipinski definition) is 3. The van der Waals surface area contributed by atoms with E-state index in [-0.39, 0.29) is 19.1 Å². The Labute approximate surface area is 143 Å². The number of aliphatic hydroxyl groups excluding tert-OH is 1. The van der Waals surface area contributed by atoms with E-state index in [0.717, 1.165) is 11.1 Å². The Morgan fingerprint density at radius 1 is 1.12 bits per heavy atom. The van der Waals surface area contributed by atoms with E-state index in [4.69, 9.17) is 4.74 Å². The van der Waals surface area contributed by atoms with Gasteiger partial charge >= 0.3 is 0 Å². The summed E-state index contributed by atoms with van der Waals surface area (Å²) in [7, 11) is 1.52. The van der Waals surface area contributed by atoms with Crippen molar-refractivity contribution < 1.29 is 14.6 Å². The van der Waals surface area contributed by atoms with Gasteiger partial charge in [-0.05, 0) is 11.1 Å². The van der Waals surface area contributed by atoms with Gasteiger partial charge in [-0.25, -0.2) is 0 Å². The molecule has 1 amide bonds. The van der Waals surface area contributed by atoms with Gasteiger partial charge in [0.1, 0.15) is 0 Å². The molecule has 0 heterocycles. The molecule has 0 radical (unpaired) electrons. The number of benzene rings is 2. The van der Waals surface area contributed by atoms with Crippen molar-refractivity contribution in [3.63, 3.8) is 0 Å². The lowest BCUT2D eigenvalue weighted by Crippen LogP contribution is -2.38. The highest BCUT2D eigenvalue weighted by molar-refractivity contribution is 5.82. The van der Waals surface area contributed by atoms with Crippen LogP contribution in [-0.2, 0) is 9.53 Å². The van der Waals surface area contributed by atoms with Crippen LogP contribution in [0.2, 0.25) is 0 Å². The number of aliphatic hydroxyl groups is 1. The van der Waals surface area contributed by atoms with Gasteiger partial charge < -0.3 is 14.7 Å². The predicted molar refractivity (Wildman–Crippen MR) is 95.3 cm³/mol. The molecule has 0 spiro atoms. The van der Waals surface area contributed by atoms with Crippen LogP contribution in [0.1, 0.15) is 17.2 Å². The number of hydrogen-bond donors (Lipinski definition) is 1. The standard InChI is InChI=1S/C20H23NO3/c1-24-19(18-12-6-3-7-13-18)20(23)21(15-16-22)14-8-11-17-9-4-2-5-10-17/h2-13,19,22H,14-16H2,1H3/b11-8+/t19-/m0/s1. The zero-order valence-corrected chi connectivity index (χ0v) is 13.8. The van der Waals surface area contributed by atoms with Gasteiger partial charge in [0.05, 0.1) is 6.61 Å². The third-order valence-electron chi connectivity index (χ3n) is 3.68. The third-order valence-corrected chi connectivity index (χ3v) is 3.68. The largest absolute Gasteiger partial charge is 0.395 e. The lowest BCUT2D eigenvalue weighted by molar-refractivity contribution is -0.142. The van der Waals surface area contributed by atoms with Crippen LogP contribution in [0.3, 0.4) is 0 Å². The molecule has 24 heavy (non-hydrogen) atoms. The number of carbonyl (C=O) groups is 1. The van der Waals surface area contributed by atoms with Crippen LogP contribution in [0.4, 0.5) is 0 Å². The first-order valence-electron chi connectivity index (χ1n) is 7.95.